The summed E-state index contributed by atoms with van der Waals surface area (Å²) >= 11 is 0. The van der Waals surface area contributed by atoms with E-state index in [1.54, 1.807) is 13.3 Å². The Hall–Kier alpha value is -2.09. The minimum absolute atomic E-state index is 0. The maximum atomic E-state index is 7.37. The fourth-order valence-corrected chi connectivity index (χ4v) is 3.18. The number of anilines is 1. The van der Waals surface area contributed by atoms with Gasteiger partial charge in [-0.2, -0.15) is 12.5 Å². The van der Waals surface area contributed by atoms with Crippen LogP contribution in [0.15, 0.2) is 36.5 Å². The average molecular weight is 433 g/mol. The Bertz CT molecular complexity index is 1010. The van der Waals surface area contributed by atoms with Crippen LogP contribution in [0.2, 0.25) is 0 Å². The van der Waals surface area contributed by atoms with Crippen molar-refractivity contribution in [2.24, 2.45) is 0 Å². The molecule has 0 spiro atoms. The monoisotopic (exact) mass is 433 g/mol. The Balaban J connectivity index is 0.00000261. The summed E-state index contributed by atoms with van der Waals surface area (Å²) in [4.78, 5) is 8.17. The predicted molar refractivity (Wildman–Crippen MR) is 107 cm³/mol. The molecule has 0 atom stereocenters. The molecular formula is C22H22N3OY-. The van der Waals surface area contributed by atoms with Crippen molar-refractivity contribution in [2.45, 2.75) is 26.8 Å². The molecule has 1 N–H and O–H groups in total. The number of rotatable bonds is 5. The topological polar surface area (TPSA) is 38.5 Å². The molecule has 0 fully saturated rings. The number of nitrogens with zero attached hydrogens (tertiary/aromatic N) is 2. The van der Waals surface area contributed by atoms with Gasteiger partial charge in [0.05, 0.1) is 13.7 Å². The Morgan fingerprint density at radius 3 is 2.67 bits per heavy atom. The number of methoxy groups -OCH3 is 1. The van der Waals surface area contributed by atoms with Crippen LogP contribution in [-0.2, 0) is 45.7 Å². The van der Waals surface area contributed by atoms with Crippen molar-refractivity contribution < 1.29 is 37.4 Å². The van der Waals surface area contributed by atoms with E-state index in [1.807, 2.05) is 31.2 Å². The second-order valence-corrected chi connectivity index (χ2v) is 6.28. The first-order valence-corrected chi connectivity index (χ1v) is 8.59. The van der Waals surface area contributed by atoms with Gasteiger partial charge < -0.3 is 15.0 Å². The van der Waals surface area contributed by atoms with Crippen LogP contribution in [-0.4, -0.2) is 12.1 Å². The van der Waals surface area contributed by atoms with Crippen molar-refractivity contribution in [3.05, 3.63) is 77.1 Å². The summed E-state index contributed by atoms with van der Waals surface area (Å²) < 4.78 is 5.32. The molecule has 5 heteroatoms. The van der Waals surface area contributed by atoms with Gasteiger partial charge in [-0.05, 0) is 41.5 Å². The zero-order chi connectivity index (χ0) is 18.7. The summed E-state index contributed by atoms with van der Waals surface area (Å²) in [6.45, 7) is 16.3. The summed E-state index contributed by atoms with van der Waals surface area (Å²) in [6, 6.07) is 9.95. The van der Waals surface area contributed by atoms with Crippen LogP contribution in [0.25, 0.3) is 15.7 Å². The fourth-order valence-electron chi connectivity index (χ4n) is 3.18. The van der Waals surface area contributed by atoms with E-state index < -0.39 is 0 Å². The zero-order valence-electron chi connectivity index (χ0n) is 16.0. The van der Waals surface area contributed by atoms with E-state index in [-0.39, 0.29) is 32.7 Å². The Morgan fingerprint density at radius 1 is 1.26 bits per heavy atom. The molecule has 0 aliphatic rings. The number of benzene rings is 2. The third-order valence-electron chi connectivity index (χ3n) is 4.55. The van der Waals surface area contributed by atoms with Gasteiger partial charge >= 0.3 is 0 Å². The molecule has 0 aliphatic heterocycles. The van der Waals surface area contributed by atoms with Crippen LogP contribution in [0, 0.1) is 20.4 Å². The van der Waals surface area contributed by atoms with Crippen molar-refractivity contribution in [3.63, 3.8) is 0 Å². The molecule has 135 valence electrons. The first kappa shape index (κ1) is 21.2. The molecule has 3 aromatic rings. The Morgan fingerprint density at radius 2 is 2.04 bits per heavy atom. The predicted octanol–water partition coefficient (Wildman–Crippen LogP) is 5.46. The van der Waals surface area contributed by atoms with Crippen molar-refractivity contribution in [1.29, 1.82) is 0 Å². The molecule has 3 rings (SSSR count). The van der Waals surface area contributed by atoms with Gasteiger partial charge in [0.1, 0.15) is 5.75 Å². The van der Waals surface area contributed by atoms with Gasteiger partial charge in [0.15, 0.2) is 5.69 Å². The van der Waals surface area contributed by atoms with E-state index in [2.05, 4.69) is 35.1 Å². The minimum atomic E-state index is 0. The second kappa shape index (κ2) is 9.21. The van der Waals surface area contributed by atoms with E-state index in [1.165, 1.54) is 0 Å². The molecule has 0 amide bonds. The SMILES string of the molecule is [C-]#[N+]c1cc(CC)c2ncc([CH2-])c(NCc3ccc(OC)c(C)c3)c2c1.[Y]. The summed E-state index contributed by atoms with van der Waals surface area (Å²) in [7, 11) is 1.68. The van der Waals surface area contributed by atoms with Gasteiger partial charge in [0.25, 0.3) is 0 Å². The van der Waals surface area contributed by atoms with Crippen LogP contribution in [0.3, 0.4) is 0 Å². The molecule has 1 aromatic heterocycles. The number of nitrogens with one attached hydrogen (secondary N) is 1. The number of aryl methyl sites for hydroxylation is 2. The quantitative estimate of drug-likeness (QED) is 0.544. The molecule has 0 saturated heterocycles. The number of hydrogen-bond acceptors (Lipinski definition) is 3. The maximum absolute atomic E-state index is 7.37. The van der Waals surface area contributed by atoms with E-state index >= 15 is 0 Å². The number of pyridine rings is 1. The number of fused-ring (bicyclic) bond motifs is 1. The van der Waals surface area contributed by atoms with Gasteiger partial charge in [0.2, 0.25) is 0 Å². The summed E-state index contributed by atoms with van der Waals surface area (Å²) in [5.41, 5.74) is 6.66. The third-order valence-corrected chi connectivity index (χ3v) is 4.55. The van der Waals surface area contributed by atoms with Crippen LogP contribution in [0.1, 0.15) is 29.2 Å². The zero-order valence-corrected chi connectivity index (χ0v) is 18.8. The Kier molecular flexibility index (Phi) is 7.24. The smallest absolute Gasteiger partial charge is 0.187 e. The van der Waals surface area contributed by atoms with Gasteiger partial charge in [-0.1, -0.05) is 43.1 Å². The van der Waals surface area contributed by atoms with Gasteiger partial charge in [-0.3, -0.25) is 0 Å². The van der Waals surface area contributed by atoms with Crippen molar-refractivity contribution in [3.8, 4) is 5.75 Å². The molecule has 1 radical (unpaired) electrons. The van der Waals surface area contributed by atoms with E-state index in [0.29, 0.717) is 12.2 Å². The summed E-state index contributed by atoms with van der Waals surface area (Å²) in [6.07, 6.45) is 2.63. The average Bonchev–Trinajstić information content (AvgIpc) is 2.66. The first-order chi connectivity index (χ1) is 12.6. The van der Waals surface area contributed by atoms with E-state index in [0.717, 1.165) is 51.0 Å². The molecule has 27 heavy (non-hydrogen) atoms. The van der Waals surface area contributed by atoms with Crippen LogP contribution in [0.4, 0.5) is 11.4 Å². The van der Waals surface area contributed by atoms with Crippen LogP contribution in [0.5, 0.6) is 5.75 Å². The van der Waals surface area contributed by atoms with Crippen molar-refractivity contribution >= 4 is 22.3 Å². The van der Waals surface area contributed by atoms with Crippen LogP contribution < -0.4 is 10.1 Å². The van der Waals surface area contributed by atoms with Crippen molar-refractivity contribution in [1.82, 2.24) is 4.98 Å². The normalized spacial score (nSPS) is 10.1. The Labute approximate surface area is 186 Å². The summed E-state index contributed by atoms with van der Waals surface area (Å²) in [5.74, 6) is 0.884. The molecule has 0 bridgehead atoms. The molecule has 0 aliphatic carbocycles. The molecule has 4 nitrogen and oxygen atoms in total. The van der Waals surface area contributed by atoms with Crippen molar-refractivity contribution in [2.75, 3.05) is 12.4 Å². The molecule has 0 unspecified atom stereocenters. The van der Waals surface area contributed by atoms with Crippen LogP contribution >= 0.6 is 0 Å². The first-order valence-electron chi connectivity index (χ1n) is 8.59. The number of hydrogen-bond donors (Lipinski definition) is 1. The number of aromatic nitrogens is 1. The van der Waals surface area contributed by atoms with E-state index in [4.69, 9.17) is 11.3 Å². The molecular weight excluding hydrogens is 411 g/mol. The third kappa shape index (κ3) is 4.43. The number of ether oxygens (including phenoxy) is 1. The fraction of sp³-hybridized carbons (Fsp3) is 0.227. The van der Waals surface area contributed by atoms with Gasteiger partial charge in [-0.15, -0.1) is 0 Å². The maximum Gasteiger partial charge on any atom is 0.187 e. The molecule has 2 aromatic carbocycles. The van der Waals surface area contributed by atoms with Gasteiger partial charge in [0, 0.05) is 44.8 Å². The van der Waals surface area contributed by atoms with E-state index in [9.17, 15) is 0 Å². The molecule has 0 saturated carbocycles. The second-order valence-electron chi connectivity index (χ2n) is 6.28. The summed E-state index contributed by atoms with van der Waals surface area (Å²) in [5, 5.41) is 4.45. The molecule has 1 heterocycles. The minimum Gasteiger partial charge on any atom is -0.496 e. The van der Waals surface area contributed by atoms with Gasteiger partial charge in [-0.25, -0.2) is 4.85 Å². The largest absolute Gasteiger partial charge is 0.496 e. The standard InChI is InChI=1S/C22H22N3O.Y/c1-6-17-10-18(23-4)11-19-21(15(3)12-24-22(17)19)25-13-16-7-8-20(26-5)14(2)9-16;/h7-12H,3,6,13H2,1-2,5H3,(H,24,25);/q-1;.